The van der Waals surface area contributed by atoms with Crippen molar-refractivity contribution < 1.29 is 14.3 Å². The lowest BCUT2D eigenvalue weighted by Gasteiger charge is -2.22. The number of amides is 1. The smallest absolute Gasteiger partial charge is 0.257 e. The Kier molecular flexibility index (Phi) is 3.91. The molecule has 134 valence electrons. The van der Waals surface area contributed by atoms with Crippen molar-refractivity contribution in [1.82, 2.24) is 14.5 Å². The van der Waals surface area contributed by atoms with Gasteiger partial charge in [0.1, 0.15) is 5.82 Å². The number of benzene rings is 1. The van der Waals surface area contributed by atoms with Gasteiger partial charge in [-0.1, -0.05) is 0 Å². The van der Waals surface area contributed by atoms with Gasteiger partial charge in [-0.2, -0.15) is 0 Å². The number of imidazole rings is 1. The van der Waals surface area contributed by atoms with Crippen LogP contribution in [0.5, 0.6) is 11.5 Å². The van der Waals surface area contributed by atoms with E-state index in [0.29, 0.717) is 28.8 Å². The zero-order valence-electron chi connectivity index (χ0n) is 14.9. The third-order valence-electron chi connectivity index (χ3n) is 4.71. The molecular weight excluding hydrogens is 332 g/mol. The Morgan fingerprint density at radius 1 is 1.31 bits per heavy atom. The Labute approximate surface area is 151 Å². The molecule has 0 radical (unpaired) electrons. The van der Waals surface area contributed by atoms with Gasteiger partial charge in [0.2, 0.25) is 0 Å². The number of methoxy groups -OCH3 is 2. The summed E-state index contributed by atoms with van der Waals surface area (Å²) in [6.07, 6.45) is 6.30. The fourth-order valence-electron chi connectivity index (χ4n) is 3.43. The topological polar surface area (TPSA) is 81.2 Å². The van der Waals surface area contributed by atoms with Gasteiger partial charge in [-0.15, -0.1) is 0 Å². The van der Waals surface area contributed by atoms with Gasteiger partial charge in [0.15, 0.2) is 11.5 Å². The van der Waals surface area contributed by atoms with Crippen LogP contribution in [-0.4, -0.2) is 34.7 Å². The summed E-state index contributed by atoms with van der Waals surface area (Å²) in [7, 11) is 3.14. The minimum atomic E-state index is -0.196. The normalized spacial score (nSPS) is 15.1. The molecule has 0 saturated heterocycles. The molecule has 0 unspecified atom stereocenters. The van der Waals surface area contributed by atoms with Crippen molar-refractivity contribution in [1.29, 1.82) is 0 Å². The quantitative estimate of drug-likeness (QED) is 0.755. The lowest BCUT2D eigenvalue weighted by atomic mass is 10.0. The fourth-order valence-corrected chi connectivity index (χ4v) is 3.43. The van der Waals surface area contributed by atoms with E-state index in [1.165, 1.54) is 0 Å². The van der Waals surface area contributed by atoms with Crippen molar-refractivity contribution in [3.05, 3.63) is 48.0 Å². The molecule has 7 heteroatoms. The van der Waals surface area contributed by atoms with Crippen molar-refractivity contribution in [2.24, 2.45) is 0 Å². The summed E-state index contributed by atoms with van der Waals surface area (Å²) in [5.41, 5.74) is 3.11. The number of carbonyl (C=O) groups is 1. The van der Waals surface area contributed by atoms with Crippen LogP contribution >= 0.6 is 0 Å². The van der Waals surface area contributed by atoms with Crippen molar-refractivity contribution in [2.75, 3.05) is 19.5 Å². The van der Waals surface area contributed by atoms with E-state index in [2.05, 4.69) is 26.8 Å². The maximum absolute atomic E-state index is 12.9. The van der Waals surface area contributed by atoms with Crippen LogP contribution in [0.15, 0.2) is 36.8 Å². The first-order chi connectivity index (χ1) is 12.6. The first kappa shape index (κ1) is 16.3. The largest absolute Gasteiger partial charge is 0.493 e. The molecule has 0 aliphatic carbocycles. The first-order valence-corrected chi connectivity index (χ1v) is 8.39. The SMILES string of the molecule is COc1ccc(NC(=O)c2c[nH]c3c2-c2nccn2[C@H](C)C3)cc1OC. The monoisotopic (exact) mass is 352 g/mol. The molecule has 0 bridgehead atoms. The molecule has 0 fully saturated rings. The van der Waals surface area contributed by atoms with E-state index in [1.54, 1.807) is 44.8 Å². The van der Waals surface area contributed by atoms with Gasteiger partial charge >= 0.3 is 0 Å². The summed E-state index contributed by atoms with van der Waals surface area (Å²) in [5.74, 6) is 1.79. The van der Waals surface area contributed by atoms with E-state index < -0.39 is 0 Å². The Morgan fingerprint density at radius 3 is 2.88 bits per heavy atom. The zero-order chi connectivity index (χ0) is 18.3. The van der Waals surface area contributed by atoms with Crippen molar-refractivity contribution >= 4 is 11.6 Å². The summed E-state index contributed by atoms with van der Waals surface area (Å²) in [6.45, 7) is 2.14. The summed E-state index contributed by atoms with van der Waals surface area (Å²) in [4.78, 5) is 20.6. The number of hydrogen-bond acceptors (Lipinski definition) is 4. The third kappa shape index (κ3) is 2.52. The average Bonchev–Trinajstić information content (AvgIpc) is 3.28. The second-order valence-corrected chi connectivity index (χ2v) is 6.29. The minimum Gasteiger partial charge on any atom is -0.493 e. The predicted molar refractivity (Wildman–Crippen MR) is 97.9 cm³/mol. The number of rotatable bonds is 4. The average molecular weight is 352 g/mol. The van der Waals surface area contributed by atoms with Gasteiger partial charge in [0.05, 0.1) is 25.3 Å². The van der Waals surface area contributed by atoms with Gasteiger partial charge in [0, 0.05) is 48.5 Å². The molecule has 0 saturated carbocycles. The maximum Gasteiger partial charge on any atom is 0.257 e. The molecule has 4 rings (SSSR count). The minimum absolute atomic E-state index is 0.196. The molecule has 0 spiro atoms. The number of nitrogens with one attached hydrogen (secondary N) is 2. The molecule has 2 aromatic heterocycles. The molecule has 3 heterocycles. The zero-order valence-corrected chi connectivity index (χ0v) is 14.9. The highest BCUT2D eigenvalue weighted by Crippen LogP contribution is 2.36. The Bertz CT molecular complexity index is 973. The van der Waals surface area contributed by atoms with Crippen LogP contribution in [0.1, 0.15) is 29.0 Å². The van der Waals surface area contributed by atoms with Gasteiger partial charge < -0.3 is 24.3 Å². The molecule has 3 aromatic rings. The number of aromatic amines is 1. The second kappa shape index (κ2) is 6.25. The van der Waals surface area contributed by atoms with E-state index in [-0.39, 0.29) is 5.91 Å². The number of carbonyl (C=O) groups excluding carboxylic acids is 1. The van der Waals surface area contributed by atoms with Gasteiger partial charge in [-0.3, -0.25) is 4.79 Å². The molecule has 2 N–H and O–H groups in total. The van der Waals surface area contributed by atoms with Crippen molar-refractivity contribution in [3.63, 3.8) is 0 Å². The maximum atomic E-state index is 12.9. The Morgan fingerprint density at radius 2 is 2.12 bits per heavy atom. The molecule has 1 aromatic carbocycles. The Hall–Kier alpha value is -3.22. The highest BCUT2D eigenvalue weighted by molar-refractivity contribution is 6.09. The lowest BCUT2D eigenvalue weighted by molar-refractivity contribution is 0.102. The lowest BCUT2D eigenvalue weighted by Crippen LogP contribution is -2.18. The first-order valence-electron chi connectivity index (χ1n) is 8.39. The third-order valence-corrected chi connectivity index (χ3v) is 4.71. The fraction of sp³-hybridized carbons (Fsp3) is 0.263. The second-order valence-electron chi connectivity index (χ2n) is 6.29. The number of hydrogen-bond donors (Lipinski definition) is 2. The van der Waals surface area contributed by atoms with Crippen LogP contribution in [0.25, 0.3) is 11.4 Å². The molecular formula is C19H20N4O3. The van der Waals surface area contributed by atoms with Gasteiger partial charge in [0.25, 0.3) is 5.91 Å². The van der Waals surface area contributed by atoms with Crippen molar-refractivity contribution in [2.45, 2.75) is 19.4 Å². The van der Waals surface area contributed by atoms with Crippen molar-refractivity contribution in [3.8, 4) is 22.9 Å². The summed E-state index contributed by atoms with van der Waals surface area (Å²) in [6, 6.07) is 5.58. The van der Waals surface area contributed by atoms with Crippen LogP contribution < -0.4 is 14.8 Å². The van der Waals surface area contributed by atoms with Crippen LogP contribution in [-0.2, 0) is 6.42 Å². The number of aromatic nitrogens is 3. The van der Waals surface area contributed by atoms with Crippen LogP contribution in [0, 0.1) is 0 Å². The standard InChI is InChI=1S/C19H20N4O3/c1-11-8-14-17(18-20-6-7-23(11)18)13(10-21-14)19(24)22-12-4-5-15(25-2)16(9-12)26-3/h4-7,9-11,21H,8H2,1-3H3,(H,22,24)/t11-/m1/s1. The Balaban J connectivity index is 1.66. The van der Waals surface area contributed by atoms with Crippen LogP contribution in [0.3, 0.4) is 0 Å². The van der Waals surface area contributed by atoms with Crippen LogP contribution in [0.2, 0.25) is 0 Å². The van der Waals surface area contributed by atoms with E-state index in [1.807, 2.05) is 6.20 Å². The highest BCUT2D eigenvalue weighted by Gasteiger charge is 2.28. The highest BCUT2D eigenvalue weighted by atomic mass is 16.5. The van der Waals surface area contributed by atoms with Crippen LogP contribution in [0.4, 0.5) is 5.69 Å². The summed E-state index contributed by atoms with van der Waals surface area (Å²) in [5, 5.41) is 2.92. The summed E-state index contributed by atoms with van der Waals surface area (Å²) < 4.78 is 12.6. The predicted octanol–water partition coefficient (Wildman–Crippen LogP) is 3.26. The number of H-pyrrole nitrogens is 1. The number of anilines is 1. The molecule has 7 nitrogen and oxygen atoms in total. The number of ether oxygens (including phenoxy) is 2. The number of nitrogens with zero attached hydrogens (tertiary/aromatic N) is 2. The van der Waals surface area contributed by atoms with E-state index >= 15 is 0 Å². The van der Waals surface area contributed by atoms with E-state index in [0.717, 1.165) is 23.5 Å². The molecule has 1 amide bonds. The van der Waals surface area contributed by atoms with E-state index in [9.17, 15) is 4.79 Å². The van der Waals surface area contributed by atoms with E-state index in [4.69, 9.17) is 9.47 Å². The van der Waals surface area contributed by atoms with Gasteiger partial charge in [-0.05, 0) is 19.1 Å². The summed E-state index contributed by atoms with van der Waals surface area (Å²) >= 11 is 0. The molecule has 1 aliphatic rings. The molecule has 26 heavy (non-hydrogen) atoms. The molecule has 1 atom stereocenters. The van der Waals surface area contributed by atoms with Gasteiger partial charge in [-0.25, -0.2) is 4.98 Å². The molecule has 1 aliphatic heterocycles. The number of fused-ring (bicyclic) bond motifs is 3.